The summed E-state index contributed by atoms with van der Waals surface area (Å²) in [5.74, 6) is 0.815. The van der Waals surface area contributed by atoms with E-state index in [0.29, 0.717) is 31.2 Å². The maximum Gasteiger partial charge on any atom is 0.227 e. The average molecular weight is 415 g/mol. The van der Waals surface area contributed by atoms with E-state index in [0.717, 1.165) is 16.1 Å². The van der Waals surface area contributed by atoms with E-state index < -0.39 is 0 Å². The van der Waals surface area contributed by atoms with Gasteiger partial charge in [0.05, 0.1) is 19.6 Å². The number of methoxy groups -OCH3 is 1. The molecule has 0 radical (unpaired) electrons. The summed E-state index contributed by atoms with van der Waals surface area (Å²) in [4.78, 5) is 27.9. The van der Waals surface area contributed by atoms with Gasteiger partial charge in [0, 0.05) is 30.1 Å². The number of amides is 2. The normalized spacial score (nSPS) is 16.0. The Bertz CT molecular complexity index is 870. The molecule has 1 saturated heterocycles. The molecule has 1 aliphatic heterocycles. The molecule has 7 heteroatoms. The Kier molecular flexibility index (Phi) is 7.04. The fourth-order valence-electron chi connectivity index (χ4n) is 3.33. The van der Waals surface area contributed by atoms with E-state index in [-0.39, 0.29) is 24.2 Å². The average Bonchev–Trinajstić information content (AvgIpc) is 3.14. The van der Waals surface area contributed by atoms with E-state index in [9.17, 15) is 9.59 Å². The van der Waals surface area contributed by atoms with Gasteiger partial charge in [-0.25, -0.2) is 0 Å². The minimum absolute atomic E-state index is 0.0233. The number of rotatable bonds is 8. The summed E-state index contributed by atoms with van der Waals surface area (Å²) < 4.78 is 10.9. The van der Waals surface area contributed by atoms with Crippen LogP contribution in [0, 0.1) is 5.92 Å². The van der Waals surface area contributed by atoms with Crippen LogP contribution in [0.5, 0.6) is 11.5 Å². The standard InChI is InChI=1S/C22H26N2O4S/c1-4-28-19-10-5-15(11-20(19)27-2)13-23-22(26)16-12-21(25)24(14-16)17-6-8-18(29-3)9-7-17/h5-11,16H,4,12-14H2,1-3H3,(H,23,26). The summed E-state index contributed by atoms with van der Waals surface area (Å²) in [5, 5.41) is 2.94. The van der Waals surface area contributed by atoms with Crippen LogP contribution in [0.15, 0.2) is 47.4 Å². The molecule has 0 saturated carbocycles. The van der Waals surface area contributed by atoms with Crippen molar-refractivity contribution in [2.24, 2.45) is 5.92 Å². The Morgan fingerprint density at radius 1 is 1.21 bits per heavy atom. The minimum atomic E-state index is -0.354. The van der Waals surface area contributed by atoms with Crippen molar-refractivity contribution >= 4 is 29.3 Å². The Hall–Kier alpha value is -2.67. The van der Waals surface area contributed by atoms with Crippen molar-refractivity contribution in [3.8, 4) is 11.5 Å². The summed E-state index contributed by atoms with van der Waals surface area (Å²) in [5.41, 5.74) is 1.74. The van der Waals surface area contributed by atoms with Gasteiger partial charge in [-0.3, -0.25) is 9.59 Å². The van der Waals surface area contributed by atoms with Crippen molar-refractivity contribution in [1.82, 2.24) is 5.32 Å². The molecule has 1 fully saturated rings. The number of hydrogen-bond donors (Lipinski definition) is 1. The lowest BCUT2D eigenvalue weighted by Gasteiger charge is -2.17. The zero-order valence-corrected chi connectivity index (χ0v) is 17.8. The Balaban J connectivity index is 1.59. The molecule has 0 bridgehead atoms. The SMILES string of the molecule is CCOc1ccc(CNC(=O)C2CC(=O)N(c3ccc(SC)cc3)C2)cc1OC. The predicted octanol–water partition coefficient (Wildman–Crippen LogP) is 3.49. The van der Waals surface area contributed by atoms with Gasteiger partial charge in [-0.15, -0.1) is 11.8 Å². The first-order valence-electron chi connectivity index (χ1n) is 9.57. The molecule has 2 aromatic rings. The Labute approximate surface area is 175 Å². The van der Waals surface area contributed by atoms with Crippen LogP contribution in [0.2, 0.25) is 0 Å². The van der Waals surface area contributed by atoms with E-state index in [1.54, 1.807) is 23.8 Å². The molecule has 0 aromatic heterocycles. The molecule has 1 atom stereocenters. The minimum Gasteiger partial charge on any atom is -0.493 e. The molecule has 2 amide bonds. The molecule has 0 aliphatic carbocycles. The van der Waals surface area contributed by atoms with Gasteiger partial charge >= 0.3 is 0 Å². The van der Waals surface area contributed by atoms with Crippen LogP contribution >= 0.6 is 11.8 Å². The second kappa shape index (κ2) is 9.69. The monoisotopic (exact) mass is 414 g/mol. The van der Waals surface area contributed by atoms with Crippen molar-refractivity contribution < 1.29 is 19.1 Å². The number of carbonyl (C=O) groups excluding carboxylic acids is 2. The molecule has 1 unspecified atom stereocenters. The summed E-state index contributed by atoms with van der Waals surface area (Å²) in [7, 11) is 1.59. The topological polar surface area (TPSA) is 67.9 Å². The lowest BCUT2D eigenvalue weighted by Crippen LogP contribution is -2.32. The van der Waals surface area contributed by atoms with Gasteiger partial charge in [-0.1, -0.05) is 6.07 Å². The lowest BCUT2D eigenvalue weighted by molar-refractivity contribution is -0.126. The third-order valence-electron chi connectivity index (χ3n) is 4.87. The van der Waals surface area contributed by atoms with Crippen LogP contribution in [0.1, 0.15) is 18.9 Å². The van der Waals surface area contributed by atoms with Gasteiger partial charge < -0.3 is 19.7 Å². The first-order chi connectivity index (χ1) is 14.0. The number of nitrogens with zero attached hydrogens (tertiary/aromatic N) is 1. The summed E-state index contributed by atoms with van der Waals surface area (Å²) in [6, 6.07) is 13.4. The molecule has 29 heavy (non-hydrogen) atoms. The van der Waals surface area contributed by atoms with Gasteiger partial charge in [0.15, 0.2) is 11.5 Å². The number of ether oxygens (including phenoxy) is 2. The number of nitrogens with one attached hydrogen (secondary N) is 1. The summed E-state index contributed by atoms with van der Waals surface area (Å²) in [6.07, 6.45) is 2.24. The molecular weight excluding hydrogens is 388 g/mol. The zero-order valence-electron chi connectivity index (χ0n) is 16.9. The van der Waals surface area contributed by atoms with Crippen molar-refractivity contribution in [3.05, 3.63) is 48.0 Å². The predicted molar refractivity (Wildman–Crippen MR) is 115 cm³/mol. The fraction of sp³-hybridized carbons (Fsp3) is 0.364. The molecule has 1 heterocycles. The number of thioether (sulfide) groups is 1. The van der Waals surface area contributed by atoms with Gasteiger partial charge in [0.1, 0.15) is 0 Å². The van der Waals surface area contributed by atoms with Crippen molar-refractivity contribution in [1.29, 1.82) is 0 Å². The van der Waals surface area contributed by atoms with Crippen molar-refractivity contribution in [2.45, 2.75) is 24.8 Å². The Morgan fingerprint density at radius 3 is 2.62 bits per heavy atom. The number of anilines is 1. The van der Waals surface area contributed by atoms with Crippen molar-refractivity contribution in [3.63, 3.8) is 0 Å². The quantitative estimate of drug-likeness (QED) is 0.670. The van der Waals surface area contributed by atoms with Gasteiger partial charge in [0.25, 0.3) is 0 Å². The zero-order chi connectivity index (χ0) is 20.8. The van der Waals surface area contributed by atoms with Gasteiger partial charge in [0.2, 0.25) is 11.8 Å². The van der Waals surface area contributed by atoms with Gasteiger partial charge in [-0.05, 0) is 55.1 Å². The van der Waals surface area contributed by atoms with Crippen LogP contribution in [0.4, 0.5) is 5.69 Å². The molecule has 1 N–H and O–H groups in total. The molecule has 2 aromatic carbocycles. The van der Waals surface area contributed by atoms with Crippen LogP contribution < -0.4 is 19.7 Å². The number of hydrogen-bond acceptors (Lipinski definition) is 5. The maximum atomic E-state index is 12.6. The highest BCUT2D eigenvalue weighted by Gasteiger charge is 2.35. The van der Waals surface area contributed by atoms with Crippen molar-refractivity contribution in [2.75, 3.05) is 31.4 Å². The summed E-state index contributed by atoms with van der Waals surface area (Å²) in [6.45, 7) is 3.24. The van der Waals surface area contributed by atoms with Crippen LogP contribution in [0.3, 0.4) is 0 Å². The molecular formula is C22H26N2O4S. The first kappa shape index (κ1) is 21.0. The van der Waals surface area contributed by atoms with E-state index in [4.69, 9.17) is 9.47 Å². The second-order valence-corrected chi connectivity index (χ2v) is 7.62. The smallest absolute Gasteiger partial charge is 0.227 e. The van der Waals surface area contributed by atoms with Crippen LogP contribution in [-0.4, -0.2) is 38.3 Å². The largest absolute Gasteiger partial charge is 0.493 e. The highest BCUT2D eigenvalue weighted by molar-refractivity contribution is 7.98. The molecule has 3 rings (SSSR count). The molecule has 1 aliphatic rings. The molecule has 0 spiro atoms. The summed E-state index contributed by atoms with van der Waals surface area (Å²) >= 11 is 1.65. The highest BCUT2D eigenvalue weighted by Crippen LogP contribution is 2.29. The van der Waals surface area contributed by atoms with Crippen LogP contribution in [-0.2, 0) is 16.1 Å². The number of benzene rings is 2. The Morgan fingerprint density at radius 2 is 1.97 bits per heavy atom. The lowest BCUT2D eigenvalue weighted by atomic mass is 10.1. The molecule has 154 valence electrons. The number of carbonyl (C=O) groups is 2. The van der Waals surface area contributed by atoms with E-state index in [1.807, 2.05) is 55.6 Å². The third-order valence-corrected chi connectivity index (χ3v) is 5.62. The maximum absolute atomic E-state index is 12.6. The first-order valence-corrected chi connectivity index (χ1v) is 10.8. The second-order valence-electron chi connectivity index (χ2n) is 6.74. The van der Waals surface area contributed by atoms with Crippen LogP contribution in [0.25, 0.3) is 0 Å². The van der Waals surface area contributed by atoms with E-state index in [2.05, 4.69) is 5.32 Å². The fourth-order valence-corrected chi connectivity index (χ4v) is 3.73. The highest BCUT2D eigenvalue weighted by atomic mass is 32.2. The van der Waals surface area contributed by atoms with E-state index >= 15 is 0 Å². The third kappa shape index (κ3) is 5.03. The molecule has 6 nitrogen and oxygen atoms in total. The van der Waals surface area contributed by atoms with E-state index in [1.165, 1.54) is 0 Å². The van der Waals surface area contributed by atoms with Gasteiger partial charge in [-0.2, -0.15) is 0 Å².